The average Bonchev–Trinajstić information content (AvgIpc) is 4.36. The number of aromatic nitrogens is 3. The molecule has 3 aliphatic heterocycles. The second-order valence-electron chi connectivity index (χ2n) is 22.5. The number of nitrogens with zero attached hydrogens (tertiary/aromatic N) is 4. The van der Waals surface area contributed by atoms with E-state index in [1.165, 1.54) is 29.2 Å². The van der Waals surface area contributed by atoms with Crippen LogP contribution in [0.5, 0.6) is 0 Å². The van der Waals surface area contributed by atoms with Gasteiger partial charge >= 0.3 is 13.3 Å². The summed E-state index contributed by atoms with van der Waals surface area (Å²) in [6.45, 7) is 8.15. The number of nitrogens with two attached hydrogens (primary N) is 1. The van der Waals surface area contributed by atoms with Crippen LogP contribution in [0.15, 0.2) is 83.8 Å². The Labute approximate surface area is 467 Å². The van der Waals surface area contributed by atoms with Crippen LogP contribution in [0.2, 0.25) is 0 Å². The third-order valence-electron chi connectivity index (χ3n) is 16.7. The van der Waals surface area contributed by atoms with Gasteiger partial charge in [0, 0.05) is 67.2 Å². The van der Waals surface area contributed by atoms with Crippen LogP contribution in [-0.2, 0) is 53.3 Å². The lowest BCUT2D eigenvalue weighted by atomic mass is 9.79. The Bertz CT molecular complexity index is 3420. The van der Waals surface area contributed by atoms with Crippen molar-refractivity contribution < 1.29 is 52.7 Å². The number of benzene rings is 3. The minimum absolute atomic E-state index is 0.0500. The van der Waals surface area contributed by atoms with Crippen LogP contribution in [-0.4, -0.2) is 118 Å². The fourth-order valence-corrected chi connectivity index (χ4v) is 12.6. The number of aromatic amines is 1. The molecule has 23 heteroatoms. The predicted molar refractivity (Wildman–Crippen MR) is 300 cm³/mol. The van der Waals surface area contributed by atoms with E-state index in [4.69, 9.17) is 5.73 Å². The molecule has 4 aliphatic rings. The molecule has 1 unspecified atom stereocenters. The van der Waals surface area contributed by atoms with Gasteiger partial charge in [0.05, 0.1) is 11.0 Å². The van der Waals surface area contributed by atoms with Gasteiger partial charge in [-0.15, -0.1) is 0 Å². The van der Waals surface area contributed by atoms with Crippen molar-refractivity contribution in [2.75, 3.05) is 13.1 Å². The number of piperidine rings is 1. The molecule has 1 saturated carbocycles. The van der Waals surface area contributed by atoms with E-state index < -0.39 is 72.9 Å². The molecule has 0 spiro atoms. The lowest BCUT2D eigenvalue weighted by molar-refractivity contribution is -0.147. The highest BCUT2D eigenvalue weighted by molar-refractivity contribution is 7.70. The Morgan fingerprint density at radius 3 is 2.28 bits per heavy atom. The third kappa shape index (κ3) is 12.9. The van der Waals surface area contributed by atoms with Gasteiger partial charge in [-0.3, -0.25) is 52.1 Å². The van der Waals surface area contributed by atoms with Crippen LogP contribution in [0.25, 0.3) is 21.9 Å². The minimum Gasteiger partial charge on any atom is -0.370 e. The number of H-pyrrole nitrogens is 1. The fraction of sp³-hybridized carbons (Fsp3) is 0.466. The summed E-state index contributed by atoms with van der Waals surface area (Å²) in [5.41, 5.74) is 8.94. The second-order valence-corrected chi connectivity index (χ2v) is 24.0. The summed E-state index contributed by atoms with van der Waals surface area (Å²) >= 11 is 0. The smallest absolute Gasteiger partial charge is 0.370 e. The van der Waals surface area contributed by atoms with Gasteiger partial charge in [0.15, 0.2) is 0 Å². The standard InChI is InChI=1S/C58H71N10O12P/c1-32(2)37-13-10-36(11-14-37)30-60-51(70)43(20-24-50(59)69)63-54(73)47-23-18-41-25-26-66(31-45(56(75)67(41)47)64-52(71)44-29-40-28-39(17-19-42(40)62-44)57(76)81(78,79)80)55(74)38-15-8-34(9-16-38)6-7-35-12-22-46-49(27-35)65(4)58(77)68(46)48-21-5-33(3)61-53(48)72/h10-14,17,19,22,27-29,32,34,38,41,43,45,47-48,62H,3,5-9,15-16,18,20-21,23-26,30-31H2,1-2,4H3,(H2,59,69)(H,60,70)(H,61,72)(H,63,73)(H,64,71)(H2,78,79,80)/t34-,38+,41-,43+,45+,47+,48?/m1/s1. The molecule has 0 radical (unpaired) electrons. The molecule has 3 aromatic carbocycles. The summed E-state index contributed by atoms with van der Waals surface area (Å²) in [7, 11) is -3.41. The Hall–Kier alpha value is -7.68. The molecule has 2 aromatic heterocycles. The number of carbonyl (C=O) groups is 8. The van der Waals surface area contributed by atoms with E-state index in [0.717, 1.165) is 47.9 Å². The van der Waals surface area contributed by atoms with Gasteiger partial charge in [0.1, 0.15) is 29.9 Å². The topological polar surface area (TPSA) is 317 Å². The zero-order valence-corrected chi connectivity index (χ0v) is 46.7. The molecule has 22 nitrogen and oxygen atoms in total. The third-order valence-corrected chi connectivity index (χ3v) is 17.5. The Balaban J connectivity index is 0.890. The van der Waals surface area contributed by atoms with Crippen molar-refractivity contribution >= 4 is 76.4 Å². The van der Waals surface area contributed by atoms with E-state index in [9.17, 15) is 52.7 Å². The van der Waals surface area contributed by atoms with Gasteiger partial charge in [0.25, 0.3) is 11.4 Å². The highest BCUT2D eigenvalue weighted by Gasteiger charge is 2.47. The molecule has 9 rings (SSSR count). The van der Waals surface area contributed by atoms with Crippen LogP contribution in [0.4, 0.5) is 0 Å². The minimum atomic E-state index is -5.12. The van der Waals surface area contributed by atoms with Gasteiger partial charge in [-0.05, 0) is 142 Å². The number of nitrogens with one attached hydrogen (secondary N) is 5. The van der Waals surface area contributed by atoms with Crippen molar-refractivity contribution in [2.24, 2.45) is 24.6 Å². The highest BCUT2D eigenvalue weighted by Crippen LogP contribution is 2.40. The summed E-state index contributed by atoms with van der Waals surface area (Å²) in [5, 5.41) is 11.5. The van der Waals surface area contributed by atoms with Gasteiger partial charge in [-0.2, -0.15) is 0 Å². The molecule has 430 valence electrons. The van der Waals surface area contributed by atoms with Crippen molar-refractivity contribution in [3.8, 4) is 0 Å². The molecular formula is C58H71N10O12P. The SMILES string of the molecule is C=C1CCC(n2c(=O)n(C)c3cc(CC[C@H]4CC[C@@H](C(=O)N5CC[C@H]6CC[C@@H](C(=O)N[C@@H](CCC(N)=O)C(=O)NCc7ccc(C(C)C)cc7)N6C(=O)[C@@H](NC(=O)c6cc7cc(C(=O)P(=O)(O)O)ccc7[nH]6)C5)CC4)ccc32)C(=O)N1. The molecule has 81 heavy (non-hydrogen) atoms. The quantitative estimate of drug-likeness (QED) is 0.0566. The number of carbonyl (C=O) groups excluding carboxylic acids is 8. The van der Waals surface area contributed by atoms with Crippen LogP contribution < -0.4 is 32.7 Å². The Morgan fingerprint density at radius 2 is 1.59 bits per heavy atom. The average molecular weight is 1130 g/mol. The number of fused-ring (bicyclic) bond motifs is 3. The number of allylic oxidation sites excluding steroid dienone is 1. The molecule has 1 aliphatic carbocycles. The Kier molecular flexibility index (Phi) is 17.3. The number of hydrogen-bond acceptors (Lipinski definition) is 10. The van der Waals surface area contributed by atoms with Gasteiger partial charge < -0.3 is 51.6 Å². The summed E-state index contributed by atoms with van der Waals surface area (Å²) < 4.78 is 14.9. The van der Waals surface area contributed by atoms with Crippen LogP contribution in [0.1, 0.15) is 140 Å². The molecule has 7 amide bonds. The van der Waals surface area contributed by atoms with Gasteiger partial charge in [0.2, 0.25) is 35.4 Å². The number of rotatable bonds is 18. The maximum Gasteiger partial charge on any atom is 0.396 e. The summed E-state index contributed by atoms with van der Waals surface area (Å²) in [6, 6.07) is 14.1. The fourth-order valence-electron chi connectivity index (χ4n) is 12.1. The van der Waals surface area contributed by atoms with Gasteiger partial charge in [-0.25, -0.2) is 4.79 Å². The van der Waals surface area contributed by atoms with Crippen LogP contribution >= 0.6 is 7.60 Å². The summed E-state index contributed by atoms with van der Waals surface area (Å²) in [5.74, 6) is -3.37. The first-order valence-electron chi connectivity index (χ1n) is 27.8. The summed E-state index contributed by atoms with van der Waals surface area (Å²) in [6.07, 6.45) is 6.04. The van der Waals surface area contributed by atoms with E-state index in [0.29, 0.717) is 67.1 Å². The number of imidazole rings is 1. The van der Waals surface area contributed by atoms with Crippen molar-refractivity contribution in [3.63, 3.8) is 0 Å². The lowest BCUT2D eigenvalue weighted by Gasteiger charge is -2.40. The Morgan fingerprint density at radius 1 is 0.864 bits per heavy atom. The molecule has 5 heterocycles. The zero-order valence-electron chi connectivity index (χ0n) is 45.8. The second kappa shape index (κ2) is 24.2. The van der Waals surface area contributed by atoms with E-state index in [-0.39, 0.29) is 79.0 Å². The van der Waals surface area contributed by atoms with E-state index >= 15 is 4.79 Å². The van der Waals surface area contributed by atoms with Crippen molar-refractivity contribution in [1.29, 1.82) is 0 Å². The normalized spacial score (nSPS) is 22.0. The maximum atomic E-state index is 15.1. The zero-order chi connectivity index (χ0) is 58.0. The number of hydrogen-bond donors (Lipinski definition) is 8. The molecule has 4 fully saturated rings. The van der Waals surface area contributed by atoms with E-state index in [2.05, 4.69) is 46.7 Å². The lowest BCUT2D eigenvalue weighted by Crippen LogP contribution is -2.62. The van der Waals surface area contributed by atoms with Crippen molar-refractivity contribution in [2.45, 2.75) is 140 Å². The summed E-state index contributed by atoms with van der Waals surface area (Å²) in [4.78, 5) is 148. The van der Waals surface area contributed by atoms with Gasteiger partial charge in [-0.1, -0.05) is 50.8 Å². The highest BCUT2D eigenvalue weighted by atomic mass is 31.2. The predicted octanol–water partition coefficient (Wildman–Crippen LogP) is 4.42. The van der Waals surface area contributed by atoms with Crippen molar-refractivity contribution in [3.05, 3.63) is 117 Å². The van der Waals surface area contributed by atoms with E-state index in [1.54, 1.807) is 21.1 Å². The van der Waals surface area contributed by atoms with E-state index in [1.807, 2.05) is 42.5 Å². The molecule has 3 saturated heterocycles. The van der Waals surface area contributed by atoms with Crippen LogP contribution in [0, 0.1) is 11.8 Å². The first kappa shape index (κ1) is 58.0. The molecular weight excluding hydrogens is 1060 g/mol. The first-order chi connectivity index (χ1) is 38.5. The first-order valence-corrected chi connectivity index (χ1v) is 29.4. The van der Waals surface area contributed by atoms with Crippen molar-refractivity contribution in [1.82, 2.24) is 45.2 Å². The van der Waals surface area contributed by atoms with Crippen LogP contribution in [0.3, 0.4) is 0 Å². The monoisotopic (exact) mass is 1130 g/mol. The maximum absolute atomic E-state index is 15.1. The number of aryl methyl sites for hydroxylation is 2. The largest absolute Gasteiger partial charge is 0.396 e. The molecule has 5 atom stereocenters. The molecule has 0 bridgehead atoms. The number of amides is 7. The number of primary amides is 1. The molecule has 9 N–H and O–H groups in total. The molecule has 5 aromatic rings.